The topological polar surface area (TPSA) is 38.0 Å². The predicted molar refractivity (Wildman–Crippen MR) is 43.3 cm³/mol. The molecule has 62 valence electrons. The van der Waals surface area contributed by atoms with Crippen LogP contribution in [-0.2, 0) is 6.54 Å². The number of hydrogen-bond donors (Lipinski definition) is 1. The zero-order valence-electron chi connectivity index (χ0n) is 6.99. The lowest BCUT2D eigenvalue weighted by Gasteiger charge is -2.06. The fraction of sp³-hybridized carbons (Fsp3) is 0.625. The molecular weight excluding hydrogens is 140 g/mol. The van der Waals surface area contributed by atoms with Gasteiger partial charge in [0.25, 0.3) is 0 Å². The molecule has 1 atom stereocenters. The van der Waals surface area contributed by atoms with Crippen molar-refractivity contribution in [3.05, 3.63) is 18.0 Å². The van der Waals surface area contributed by atoms with E-state index in [1.165, 1.54) is 0 Å². The Balaban J connectivity index is 2.50. The van der Waals surface area contributed by atoms with E-state index in [0.29, 0.717) is 6.54 Å². The molecule has 3 nitrogen and oxygen atoms in total. The van der Waals surface area contributed by atoms with Crippen LogP contribution in [0.4, 0.5) is 0 Å². The van der Waals surface area contributed by atoms with Crippen molar-refractivity contribution in [3.63, 3.8) is 0 Å². The molecule has 0 spiro atoms. The van der Waals surface area contributed by atoms with Gasteiger partial charge >= 0.3 is 0 Å². The average molecular weight is 154 g/mol. The molecule has 0 fully saturated rings. The molecule has 0 amide bonds. The van der Waals surface area contributed by atoms with Gasteiger partial charge in [0.1, 0.15) is 0 Å². The van der Waals surface area contributed by atoms with Crippen molar-refractivity contribution < 1.29 is 5.11 Å². The summed E-state index contributed by atoms with van der Waals surface area (Å²) >= 11 is 0. The number of aryl methyl sites for hydroxylation is 1. The van der Waals surface area contributed by atoms with Crippen LogP contribution in [0.2, 0.25) is 0 Å². The molecule has 1 rings (SSSR count). The molecule has 1 unspecified atom stereocenters. The standard InChI is InChI=1S/C8H14N2O/c1-3-8(11)6-10-5-7(2)4-9-10/h4-5,8,11H,3,6H2,1-2H3. The van der Waals surface area contributed by atoms with Gasteiger partial charge in [-0.1, -0.05) is 6.92 Å². The Morgan fingerprint density at radius 1 is 1.73 bits per heavy atom. The highest BCUT2D eigenvalue weighted by molar-refractivity contribution is 4.99. The molecule has 0 saturated carbocycles. The molecule has 3 heteroatoms. The smallest absolute Gasteiger partial charge is 0.0733 e. The number of aliphatic hydroxyl groups excluding tert-OH is 1. The number of nitrogens with zero attached hydrogens (tertiary/aromatic N) is 2. The van der Waals surface area contributed by atoms with Crippen molar-refractivity contribution >= 4 is 0 Å². The van der Waals surface area contributed by atoms with Crippen LogP contribution in [0.15, 0.2) is 12.4 Å². The van der Waals surface area contributed by atoms with E-state index in [0.717, 1.165) is 12.0 Å². The summed E-state index contributed by atoms with van der Waals surface area (Å²) in [5.41, 5.74) is 1.13. The van der Waals surface area contributed by atoms with Gasteiger partial charge in [-0.05, 0) is 18.9 Å². The molecule has 1 aromatic rings. The third-order valence-corrected chi connectivity index (χ3v) is 1.63. The first-order valence-corrected chi connectivity index (χ1v) is 3.89. The molecule has 0 aromatic carbocycles. The number of hydrogen-bond acceptors (Lipinski definition) is 2. The van der Waals surface area contributed by atoms with Crippen LogP contribution in [0, 0.1) is 6.92 Å². The summed E-state index contributed by atoms with van der Waals surface area (Å²) in [7, 11) is 0. The molecule has 1 N–H and O–H groups in total. The largest absolute Gasteiger partial charge is 0.391 e. The highest BCUT2D eigenvalue weighted by Crippen LogP contribution is 1.98. The minimum atomic E-state index is -0.269. The lowest BCUT2D eigenvalue weighted by molar-refractivity contribution is 0.145. The Kier molecular flexibility index (Phi) is 2.65. The maximum absolute atomic E-state index is 9.26. The third-order valence-electron chi connectivity index (χ3n) is 1.63. The Bertz CT molecular complexity index is 220. The van der Waals surface area contributed by atoms with E-state index >= 15 is 0 Å². The van der Waals surface area contributed by atoms with Crippen molar-refractivity contribution in [1.29, 1.82) is 0 Å². The minimum absolute atomic E-state index is 0.269. The lowest BCUT2D eigenvalue weighted by Crippen LogP contribution is -2.14. The van der Waals surface area contributed by atoms with Crippen LogP contribution < -0.4 is 0 Å². The van der Waals surface area contributed by atoms with Gasteiger partial charge in [-0.3, -0.25) is 4.68 Å². The van der Waals surface area contributed by atoms with Crippen molar-refractivity contribution in [2.24, 2.45) is 0 Å². The van der Waals surface area contributed by atoms with Gasteiger partial charge in [-0.25, -0.2) is 0 Å². The highest BCUT2D eigenvalue weighted by Gasteiger charge is 2.01. The second-order valence-corrected chi connectivity index (χ2v) is 2.80. The Hall–Kier alpha value is -0.830. The van der Waals surface area contributed by atoms with E-state index in [2.05, 4.69) is 5.10 Å². The van der Waals surface area contributed by atoms with Gasteiger partial charge in [0, 0.05) is 6.20 Å². The van der Waals surface area contributed by atoms with Crippen molar-refractivity contribution in [2.75, 3.05) is 0 Å². The van der Waals surface area contributed by atoms with Crippen LogP contribution in [-0.4, -0.2) is 21.0 Å². The molecule has 0 saturated heterocycles. The van der Waals surface area contributed by atoms with Crippen molar-refractivity contribution in [3.8, 4) is 0 Å². The van der Waals surface area contributed by atoms with E-state index in [-0.39, 0.29) is 6.10 Å². The number of aliphatic hydroxyl groups is 1. The zero-order chi connectivity index (χ0) is 8.27. The van der Waals surface area contributed by atoms with Crippen LogP contribution in [0.1, 0.15) is 18.9 Å². The van der Waals surface area contributed by atoms with Crippen LogP contribution >= 0.6 is 0 Å². The molecule has 0 aliphatic carbocycles. The van der Waals surface area contributed by atoms with Crippen molar-refractivity contribution in [1.82, 2.24) is 9.78 Å². The van der Waals surface area contributed by atoms with Gasteiger partial charge < -0.3 is 5.11 Å². The summed E-state index contributed by atoms with van der Waals surface area (Å²) in [6, 6.07) is 0. The fourth-order valence-electron chi connectivity index (χ4n) is 0.912. The highest BCUT2D eigenvalue weighted by atomic mass is 16.3. The quantitative estimate of drug-likeness (QED) is 0.704. The molecular formula is C8H14N2O. The molecule has 11 heavy (non-hydrogen) atoms. The van der Waals surface area contributed by atoms with Gasteiger partial charge in [0.15, 0.2) is 0 Å². The summed E-state index contributed by atoms with van der Waals surface area (Å²) < 4.78 is 1.77. The lowest BCUT2D eigenvalue weighted by atomic mass is 10.3. The predicted octanol–water partition coefficient (Wildman–Crippen LogP) is 0.962. The van der Waals surface area contributed by atoms with E-state index < -0.39 is 0 Å². The maximum atomic E-state index is 9.26. The Labute approximate surface area is 66.7 Å². The summed E-state index contributed by atoms with van der Waals surface area (Å²) in [6.45, 7) is 4.55. The monoisotopic (exact) mass is 154 g/mol. The first kappa shape index (κ1) is 8.27. The number of rotatable bonds is 3. The first-order chi connectivity index (χ1) is 5.22. The Morgan fingerprint density at radius 2 is 2.45 bits per heavy atom. The van der Waals surface area contributed by atoms with Gasteiger partial charge in [0.05, 0.1) is 18.8 Å². The molecule has 1 heterocycles. The van der Waals surface area contributed by atoms with E-state index in [1.54, 1.807) is 10.9 Å². The van der Waals surface area contributed by atoms with E-state index in [9.17, 15) is 5.11 Å². The second kappa shape index (κ2) is 3.53. The molecule has 0 radical (unpaired) electrons. The maximum Gasteiger partial charge on any atom is 0.0733 e. The molecule has 0 bridgehead atoms. The van der Waals surface area contributed by atoms with Crippen molar-refractivity contribution in [2.45, 2.75) is 32.9 Å². The normalized spacial score (nSPS) is 13.4. The summed E-state index contributed by atoms with van der Waals surface area (Å²) in [4.78, 5) is 0. The average Bonchev–Trinajstić information content (AvgIpc) is 2.35. The second-order valence-electron chi connectivity index (χ2n) is 2.80. The summed E-state index contributed by atoms with van der Waals surface area (Å²) in [5.74, 6) is 0. The molecule has 1 aromatic heterocycles. The molecule has 0 aliphatic heterocycles. The van der Waals surface area contributed by atoms with E-state index in [1.807, 2.05) is 20.0 Å². The zero-order valence-corrected chi connectivity index (χ0v) is 6.99. The fourth-order valence-corrected chi connectivity index (χ4v) is 0.912. The number of aromatic nitrogens is 2. The van der Waals surface area contributed by atoms with Gasteiger partial charge in [-0.2, -0.15) is 5.10 Å². The van der Waals surface area contributed by atoms with E-state index in [4.69, 9.17) is 0 Å². The van der Waals surface area contributed by atoms with Crippen LogP contribution in [0.25, 0.3) is 0 Å². The minimum Gasteiger partial charge on any atom is -0.391 e. The van der Waals surface area contributed by atoms with Gasteiger partial charge in [0.2, 0.25) is 0 Å². The third kappa shape index (κ3) is 2.35. The van der Waals surface area contributed by atoms with Crippen LogP contribution in [0.3, 0.4) is 0 Å². The molecule has 0 aliphatic rings. The summed E-state index contributed by atoms with van der Waals surface area (Å²) in [5, 5.41) is 13.3. The first-order valence-electron chi connectivity index (χ1n) is 3.89. The Morgan fingerprint density at radius 3 is 2.91 bits per heavy atom. The van der Waals surface area contributed by atoms with Crippen LogP contribution in [0.5, 0.6) is 0 Å². The van der Waals surface area contributed by atoms with Gasteiger partial charge in [-0.15, -0.1) is 0 Å². The SMILES string of the molecule is CCC(O)Cn1cc(C)cn1. The summed E-state index contributed by atoms with van der Waals surface area (Å²) in [6.07, 6.45) is 4.23.